The molecule has 166 valence electrons. The first-order chi connectivity index (χ1) is 15.5. The predicted molar refractivity (Wildman–Crippen MR) is 125 cm³/mol. The molecule has 8 nitrogen and oxygen atoms in total. The summed E-state index contributed by atoms with van der Waals surface area (Å²) in [6.45, 7) is 0.666. The Morgan fingerprint density at radius 2 is 1.94 bits per heavy atom. The molecule has 0 N–H and O–H groups in total. The molecule has 1 aliphatic carbocycles. The molecule has 1 fully saturated rings. The van der Waals surface area contributed by atoms with E-state index < -0.39 is 11.9 Å². The monoisotopic (exact) mass is 452 g/mol. The molecule has 0 bridgehead atoms. The number of aliphatic imine (C=N–C) groups is 2. The largest absolute Gasteiger partial charge is 0.445 e. The van der Waals surface area contributed by atoms with Crippen LogP contribution in [0.25, 0.3) is 0 Å². The summed E-state index contributed by atoms with van der Waals surface area (Å²) in [5.41, 5.74) is 2.14. The predicted octanol–water partition coefficient (Wildman–Crippen LogP) is 2.56. The quantitative estimate of drug-likeness (QED) is 0.660. The van der Waals surface area contributed by atoms with Gasteiger partial charge in [-0.2, -0.15) is 9.48 Å². The second-order valence-corrected chi connectivity index (χ2v) is 9.64. The first-order valence-electron chi connectivity index (χ1n) is 11.1. The summed E-state index contributed by atoms with van der Waals surface area (Å²) in [5.74, 6) is 0.445. The van der Waals surface area contributed by atoms with Crippen LogP contribution in [-0.4, -0.2) is 70.4 Å². The van der Waals surface area contributed by atoms with Gasteiger partial charge in [-0.1, -0.05) is 47.8 Å². The van der Waals surface area contributed by atoms with E-state index >= 15 is 0 Å². The number of hydrogen-bond donors (Lipinski definition) is 0. The van der Waals surface area contributed by atoms with Crippen LogP contribution < -0.4 is 4.90 Å². The first-order valence-corrected chi connectivity index (χ1v) is 12.0. The highest BCUT2D eigenvalue weighted by Crippen LogP contribution is 2.33. The van der Waals surface area contributed by atoms with E-state index in [-0.39, 0.29) is 23.5 Å². The Bertz CT molecular complexity index is 1100. The van der Waals surface area contributed by atoms with Gasteiger partial charge in [-0.15, -0.1) is 0 Å². The molecule has 9 heteroatoms. The molecular weight excluding hydrogens is 426 g/mol. The van der Waals surface area contributed by atoms with Gasteiger partial charge in [-0.25, -0.2) is 9.79 Å². The van der Waals surface area contributed by atoms with E-state index in [9.17, 15) is 14.4 Å². The number of amides is 4. The van der Waals surface area contributed by atoms with E-state index in [4.69, 9.17) is 4.99 Å². The fourth-order valence-electron chi connectivity index (χ4n) is 4.88. The number of fused-ring (bicyclic) bond motifs is 2. The highest BCUT2D eigenvalue weighted by atomic mass is 32.2. The van der Waals surface area contributed by atoms with Crippen molar-refractivity contribution in [3.05, 3.63) is 29.8 Å². The van der Waals surface area contributed by atoms with Crippen LogP contribution in [0.5, 0.6) is 0 Å². The van der Waals surface area contributed by atoms with Crippen molar-refractivity contribution in [1.29, 1.82) is 0 Å². The molecule has 1 aromatic carbocycles. The number of thioether (sulfide) groups is 1. The number of hydrogen-bond acceptors (Lipinski definition) is 6. The average molecular weight is 453 g/mol. The van der Waals surface area contributed by atoms with Crippen molar-refractivity contribution in [2.45, 2.75) is 32.1 Å². The van der Waals surface area contributed by atoms with Crippen LogP contribution in [-0.2, 0) is 16.0 Å². The lowest BCUT2D eigenvalue weighted by Crippen LogP contribution is -2.55. The van der Waals surface area contributed by atoms with Crippen LogP contribution in [0.15, 0.2) is 34.3 Å². The van der Waals surface area contributed by atoms with Crippen molar-refractivity contribution >= 4 is 52.0 Å². The lowest BCUT2D eigenvalue weighted by atomic mass is 10.0. The third-order valence-electron chi connectivity index (χ3n) is 6.71. The van der Waals surface area contributed by atoms with E-state index in [0.717, 1.165) is 42.7 Å². The average Bonchev–Trinajstić information content (AvgIpc) is 3.49. The Balaban J connectivity index is 1.42. The van der Waals surface area contributed by atoms with E-state index in [1.54, 1.807) is 7.05 Å². The van der Waals surface area contributed by atoms with E-state index in [2.05, 4.69) is 11.1 Å². The van der Waals surface area contributed by atoms with Gasteiger partial charge in [0.05, 0.1) is 19.8 Å². The van der Waals surface area contributed by atoms with Gasteiger partial charge in [0.1, 0.15) is 5.04 Å². The number of carbonyl (C=O) groups is 3. The molecule has 1 aromatic rings. The van der Waals surface area contributed by atoms with Crippen LogP contribution in [0.3, 0.4) is 0 Å². The number of urea groups is 1. The molecular formula is C23H26N5O3S+. The molecule has 0 aromatic heterocycles. The zero-order valence-electron chi connectivity index (χ0n) is 18.3. The zero-order chi connectivity index (χ0) is 22.4. The first kappa shape index (κ1) is 21.1. The summed E-state index contributed by atoms with van der Waals surface area (Å²) in [6.07, 6.45) is 5.12. The minimum absolute atomic E-state index is 0.00447. The standard InChI is InChI=1S/C23H26N5O3S/c1-26-20-18(22(30)27(2)23(26)31)21(25-19(24-20)15-8-3-4-9-15)32-13-17(29)28-12-11-14-7-5-6-10-16(14)28/h5-7,10,15,18H,3-4,8-9,11-13H2,1-2H3/q+1. The van der Waals surface area contributed by atoms with Crippen LogP contribution in [0.1, 0.15) is 31.2 Å². The van der Waals surface area contributed by atoms with Gasteiger partial charge in [-0.05, 0) is 30.9 Å². The second kappa shape index (κ2) is 8.27. The summed E-state index contributed by atoms with van der Waals surface area (Å²) in [4.78, 5) is 51.0. The van der Waals surface area contributed by atoms with E-state index in [1.807, 2.05) is 23.1 Å². The lowest BCUT2D eigenvalue weighted by molar-refractivity contribution is -0.407. The number of para-hydroxylation sites is 1. The normalized spacial score (nSPS) is 23.4. The number of rotatable bonds is 3. The summed E-state index contributed by atoms with van der Waals surface area (Å²) in [5, 5.41) is 0.564. The van der Waals surface area contributed by atoms with Gasteiger partial charge in [0.15, 0.2) is 5.92 Å². The van der Waals surface area contributed by atoms with Gasteiger partial charge < -0.3 is 4.90 Å². The molecule has 0 radical (unpaired) electrons. The molecule has 32 heavy (non-hydrogen) atoms. The van der Waals surface area contributed by atoms with Crippen LogP contribution in [0.4, 0.5) is 10.5 Å². The van der Waals surface area contributed by atoms with Gasteiger partial charge in [0.25, 0.3) is 5.84 Å². The van der Waals surface area contributed by atoms with Gasteiger partial charge in [-0.3, -0.25) is 9.59 Å². The Morgan fingerprint density at radius 1 is 1.19 bits per heavy atom. The number of amidine groups is 2. The maximum Gasteiger partial charge on any atom is 0.445 e. The van der Waals surface area contributed by atoms with Crippen LogP contribution in [0.2, 0.25) is 0 Å². The number of carbonyl (C=O) groups excluding carboxylic acids is 3. The Hall–Kier alpha value is -2.81. The molecule has 5 rings (SSSR count). The minimum Gasteiger partial charge on any atom is -0.311 e. The third kappa shape index (κ3) is 3.48. The fourth-order valence-corrected chi connectivity index (χ4v) is 5.84. The molecule has 0 saturated heterocycles. The third-order valence-corrected chi connectivity index (χ3v) is 7.72. The summed E-state index contributed by atoms with van der Waals surface area (Å²) in [7, 11) is 3.12. The van der Waals surface area contributed by atoms with E-state index in [0.29, 0.717) is 23.3 Å². The van der Waals surface area contributed by atoms with Gasteiger partial charge in [0, 0.05) is 18.2 Å². The highest BCUT2D eigenvalue weighted by molar-refractivity contribution is 8.14. The minimum atomic E-state index is -0.739. The van der Waals surface area contributed by atoms with Crippen molar-refractivity contribution in [3.8, 4) is 0 Å². The van der Waals surface area contributed by atoms with Crippen molar-refractivity contribution in [2.24, 2.45) is 21.8 Å². The maximum atomic E-state index is 13.1. The summed E-state index contributed by atoms with van der Waals surface area (Å²) in [6, 6.07) is 7.56. The maximum absolute atomic E-state index is 13.1. The Kier molecular flexibility index (Phi) is 5.44. The number of imide groups is 1. The van der Waals surface area contributed by atoms with Crippen molar-refractivity contribution < 1.29 is 19.0 Å². The van der Waals surface area contributed by atoms with Gasteiger partial charge >= 0.3 is 11.9 Å². The van der Waals surface area contributed by atoms with Crippen LogP contribution in [0, 0.1) is 11.8 Å². The van der Waals surface area contributed by atoms with Crippen molar-refractivity contribution in [2.75, 3.05) is 31.3 Å². The summed E-state index contributed by atoms with van der Waals surface area (Å²) < 4.78 is 1.44. The molecule has 4 amide bonds. The van der Waals surface area contributed by atoms with Crippen molar-refractivity contribution in [1.82, 2.24) is 4.90 Å². The number of nitrogens with zero attached hydrogens (tertiary/aromatic N) is 5. The smallest absolute Gasteiger partial charge is 0.311 e. The lowest BCUT2D eigenvalue weighted by Gasteiger charge is -2.27. The Labute approximate surface area is 191 Å². The molecule has 0 spiro atoms. The van der Waals surface area contributed by atoms with E-state index in [1.165, 1.54) is 28.9 Å². The molecule has 3 heterocycles. The zero-order valence-corrected chi connectivity index (χ0v) is 19.1. The molecule has 1 atom stereocenters. The molecule has 4 aliphatic rings. The molecule has 3 aliphatic heterocycles. The Morgan fingerprint density at radius 3 is 2.72 bits per heavy atom. The van der Waals surface area contributed by atoms with Crippen LogP contribution >= 0.6 is 11.8 Å². The fraction of sp³-hybridized carbons (Fsp3) is 0.478. The second-order valence-electron chi connectivity index (χ2n) is 8.64. The molecule has 1 saturated carbocycles. The SMILES string of the molecule is CN1C(=O)C2C(SCC(=O)N3CCc4ccccc43)=NC(C3CCCC3)=NC2=[N+](C)C1=O. The van der Waals surface area contributed by atoms with Gasteiger partial charge in [0.2, 0.25) is 11.7 Å². The topological polar surface area (TPSA) is 85.4 Å². The number of benzene rings is 1. The highest BCUT2D eigenvalue weighted by Gasteiger charge is 2.50. The number of anilines is 1. The summed E-state index contributed by atoms with van der Waals surface area (Å²) >= 11 is 1.30. The molecule has 1 unspecified atom stereocenters. The van der Waals surface area contributed by atoms with Crippen molar-refractivity contribution in [3.63, 3.8) is 0 Å².